The van der Waals surface area contributed by atoms with Gasteiger partial charge in [0.1, 0.15) is 17.7 Å². The zero-order valence-electron chi connectivity index (χ0n) is 15.3. The van der Waals surface area contributed by atoms with Gasteiger partial charge in [-0.15, -0.1) is 0 Å². The highest BCUT2D eigenvalue weighted by atomic mass is 19.1. The largest absolute Gasteiger partial charge is 0.507 e. The van der Waals surface area contributed by atoms with Crippen molar-refractivity contribution in [2.24, 2.45) is 5.73 Å². The van der Waals surface area contributed by atoms with Gasteiger partial charge in [-0.25, -0.2) is 4.39 Å². The molecular weight excluding hydrogens is 347 g/mol. The first-order valence-electron chi connectivity index (χ1n) is 8.57. The molecule has 1 saturated heterocycles. The van der Waals surface area contributed by atoms with Gasteiger partial charge in [-0.1, -0.05) is 18.7 Å². The lowest BCUT2D eigenvalue weighted by Gasteiger charge is -2.10. The molecule has 1 aliphatic heterocycles. The molecule has 3 rings (SSSR count). The Morgan fingerprint density at radius 2 is 2.15 bits per heavy atom. The van der Waals surface area contributed by atoms with Crippen LogP contribution in [0, 0.1) is 6.92 Å². The molecule has 1 aromatic carbocycles. The number of nitrogen functional groups attached to an aromatic ring is 1. The summed E-state index contributed by atoms with van der Waals surface area (Å²) in [6, 6.07) is 6.94. The molecular formula is C20H25FN4O2. The third-order valence-corrected chi connectivity index (χ3v) is 4.29. The van der Waals surface area contributed by atoms with Crippen LogP contribution in [0.4, 0.5) is 10.2 Å². The highest BCUT2D eigenvalue weighted by Gasteiger charge is 2.23. The third kappa shape index (κ3) is 5.13. The minimum Gasteiger partial charge on any atom is -0.507 e. The number of para-hydroxylation sites is 1. The Hall–Kier alpha value is -3.22. The van der Waals surface area contributed by atoms with E-state index in [-0.39, 0.29) is 18.2 Å². The number of hydrogen-bond donors (Lipinski definition) is 4. The smallest absolute Gasteiger partial charge is 0.246 e. The lowest BCUT2D eigenvalue weighted by Crippen LogP contribution is -2.26. The number of nitrogens with one attached hydrogen (secondary N) is 1. The number of rotatable bonds is 3. The van der Waals surface area contributed by atoms with Gasteiger partial charge < -0.3 is 26.5 Å². The number of phenols is 1. The van der Waals surface area contributed by atoms with Crippen LogP contribution in [-0.2, 0) is 4.79 Å². The zero-order chi connectivity index (χ0) is 20.0. The molecule has 1 aliphatic rings. The van der Waals surface area contributed by atoms with E-state index in [0.29, 0.717) is 30.0 Å². The number of hydrogen-bond acceptors (Lipinski definition) is 4. The Morgan fingerprint density at radius 1 is 1.44 bits per heavy atom. The maximum absolute atomic E-state index is 12.4. The van der Waals surface area contributed by atoms with Crippen LogP contribution in [0.15, 0.2) is 43.1 Å². The van der Waals surface area contributed by atoms with Crippen molar-refractivity contribution in [3.63, 3.8) is 0 Å². The first-order valence-corrected chi connectivity index (χ1v) is 8.57. The van der Waals surface area contributed by atoms with E-state index in [0.717, 1.165) is 11.1 Å². The molecule has 2 aromatic rings. The van der Waals surface area contributed by atoms with Crippen molar-refractivity contribution in [3.8, 4) is 5.75 Å². The Bertz CT molecular complexity index is 825. The van der Waals surface area contributed by atoms with Gasteiger partial charge in [0.25, 0.3) is 0 Å². The molecule has 1 aromatic heterocycles. The molecule has 0 bridgehead atoms. The van der Waals surface area contributed by atoms with E-state index >= 15 is 0 Å². The molecule has 0 radical (unpaired) electrons. The molecule has 0 aliphatic carbocycles. The Kier molecular flexibility index (Phi) is 6.65. The fraction of sp³-hybridized carbons (Fsp3) is 0.250. The van der Waals surface area contributed by atoms with Gasteiger partial charge in [0.2, 0.25) is 5.91 Å². The summed E-state index contributed by atoms with van der Waals surface area (Å²) < 4.78 is 12.4. The number of H-pyrrole nitrogens is 1. The summed E-state index contributed by atoms with van der Waals surface area (Å²) >= 11 is 0. The number of carbonyl (C=O) groups is 1. The van der Waals surface area contributed by atoms with E-state index in [9.17, 15) is 14.3 Å². The van der Waals surface area contributed by atoms with E-state index < -0.39 is 6.17 Å². The Labute approximate surface area is 158 Å². The van der Waals surface area contributed by atoms with Crippen molar-refractivity contribution in [1.82, 2.24) is 9.88 Å². The van der Waals surface area contributed by atoms with E-state index in [4.69, 9.17) is 11.5 Å². The lowest BCUT2D eigenvalue weighted by molar-refractivity contribution is -0.125. The molecule has 1 atom stereocenters. The molecule has 0 spiro atoms. The molecule has 6 nitrogen and oxygen atoms in total. The predicted molar refractivity (Wildman–Crippen MR) is 106 cm³/mol. The molecule has 6 N–H and O–H groups in total. The van der Waals surface area contributed by atoms with Crippen LogP contribution in [0.2, 0.25) is 0 Å². The number of aromatic amines is 1. The standard InChI is InChI=1S/C13H15N3O.C7H10FNO/c1-8-7-16-13(15)10(8)6-11(14)9-4-2-3-5-12(9)17;1-2-7(10)9-4-3-6(8)5-9/h2-7,16-17H,14-15H2,1H3;2,6H,1,3-5H2/b11-6-;. The number of aromatic nitrogens is 1. The third-order valence-electron chi connectivity index (χ3n) is 4.29. The summed E-state index contributed by atoms with van der Waals surface area (Å²) in [5.41, 5.74) is 14.7. The molecule has 0 saturated carbocycles. The summed E-state index contributed by atoms with van der Waals surface area (Å²) in [6.07, 6.45) is 4.44. The van der Waals surface area contributed by atoms with Gasteiger partial charge in [0, 0.05) is 29.6 Å². The van der Waals surface area contributed by atoms with Crippen molar-refractivity contribution in [2.75, 3.05) is 18.8 Å². The number of amides is 1. The molecule has 1 unspecified atom stereocenters. The quantitative estimate of drug-likeness (QED) is 0.621. The van der Waals surface area contributed by atoms with E-state index in [1.807, 2.05) is 19.2 Å². The molecule has 1 fully saturated rings. The van der Waals surface area contributed by atoms with Crippen LogP contribution in [-0.4, -0.2) is 40.2 Å². The van der Waals surface area contributed by atoms with E-state index in [1.165, 1.54) is 11.0 Å². The number of carbonyl (C=O) groups excluding carboxylic acids is 1. The number of phenolic OH excluding ortho intramolecular Hbond substituents is 1. The highest BCUT2D eigenvalue weighted by molar-refractivity contribution is 5.87. The second-order valence-corrected chi connectivity index (χ2v) is 6.29. The van der Waals surface area contributed by atoms with E-state index in [2.05, 4.69) is 11.6 Å². The maximum Gasteiger partial charge on any atom is 0.246 e. The highest BCUT2D eigenvalue weighted by Crippen LogP contribution is 2.25. The Morgan fingerprint density at radius 3 is 2.67 bits per heavy atom. The van der Waals surface area contributed by atoms with Gasteiger partial charge >= 0.3 is 0 Å². The first kappa shape index (κ1) is 20.1. The minimum atomic E-state index is -0.830. The topological polar surface area (TPSA) is 108 Å². The summed E-state index contributed by atoms with van der Waals surface area (Å²) in [5.74, 6) is 0.564. The van der Waals surface area contributed by atoms with Gasteiger partial charge in [-0.05, 0) is 43.2 Å². The fourth-order valence-corrected chi connectivity index (χ4v) is 2.74. The molecule has 27 heavy (non-hydrogen) atoms. The van der Waals surface area contributed by atoms with Crippen molar-refractivity contribution < 1.29 is 14.3 Å². The van der Waals surface area contributed by atoms with Crippen LogP contribution in [0.5, 0.6) is 5.75 Å². The number of aryl methyl sites for hydroxylation is 1. The first-order chi connectivity index (χ1) is 12.8. The average Bonchev–Trinajstić information content (AvgIpc) is 3.22. The number of anilines is 1. The monoisotopic (exact) mass is 372 g/mol. The summed E-state index contributed by atoms with van der Waals surface area (Å²) in [5, 5.41) is 9.69. The predicted octanol–water partition coefficient (Wildman–Crippen LogP) is 2.81. The van der Waals surface area contributed by atoms with Crippen molar-refractivity contribution >= 4 is 23.5 Å². The number of aromatic hydroxyl groups is 1. The number of nitrogens with two attached hydrogens (primary N) is 2. The molecule has 7 heteroatoms. The number of alkyl halides is 1. The van der Waals surface area contributed by atoms with Gasteiger partial charge in [0.15, 0.2) is 0 Å². The van der Waals surface area contributed by atoms with Crippen molar-refractivity contribution in [2.45, 2.75) is 19.5 Å². The van der Waals surface area contributed by atoms with Gasteiger partial charge in [-0.3, -0.25) is 4.79 Å². The lowest BCUT2D eigenvalue weighted by atomic mass is 10.1. The number of nitrogens with zero attached hydrogens (tertiary/aromatic N) is 1. The van der Waals surface area contributed by atoms with Gasteiger partial charge in [-0.2, -0.15) is 0 Å². The van der Waals surface area contributed by atoms with Crippen LogP contribution in [0.25, 0.3) is 11.8 Å². The minimum absolute atomic E-state index is 0.160. The summed E-state index contributed by atoms with van der Waals surface area (Å²) in [6.45, 7) is 6.03. The van der Waals surface area contributed by atoms with Crippen molar-refractivity contribution in [1.29, 1.82) is 0 Å². The second-order valence-electron chi connectivity index (χ2n) is 6.29. The zero-order valence-corrected chi connectivity index (χ0v) is 15.3. The number of benzene rings is 1. The second kappa shape index (κ2) is 8.93. The van der Waals surface area contributed by atoms with Crippen LogP contribution < -0.4 is 11.5 Å². The van der Waals surface area contributed by atoms with Crippen molar-refractivity contribution in [3.05, 3.63) is 59.8 Å². The molecule has 1 amide bonds. The fourth-order valence-electron chi connectivity index (χ4n) is 2.74. The molecule has 144 valence electrons. The Balaban J connectivity index is 0.000000223. The molecule has 2 heterocycles. The van der Waals surface area contributed by atoms with Crippen LogP contribution in [0.3, 0.4) is 0 Å². The van der Waals surface area contributed by atoms with Crippen LogP contribution in [0.1, 0.15) is 23.1 Å². The van der Waals surface area contributed by atoms with Crippen LogP contribution >= 0.6 is 0 Å². The summed E-state index contributed by atoms with van der Waals surface area (Å²) in [4.78, 5) is 15.2. The SMILES string of the molecule is C=CC(=O)N1CCC(F)C1.Cc1c[nH]c(N)c1/C=C(\N)c1ccccc1O. The number of likely N-dealkylation sites (tertiary alicyclic amines) is 1. The van der Waals surface area contributed by atoms with Gasteiger partial charge in [0.05, 0.1) is 6.54 Å². The normalized spacial score (nSPS) is 16.6. The average molecular weight is 372 g/mol. The van der Waals surface area contributed by atoms with E-state index in [1.54, 1.807) is 24.3 Å². The maximum atomic E-state index is 12.4. The number of halogens is 1. The summed E-state index contributed by atoms with van der Waals surface area (Å²) in [7, 11) is 0.